The van der Waals surface area contributed by atoms with Gasteiger partial charge < -0.3 is 15.1 Å². The van der Waals surface area contributed by atoms with E-state index in [1.54, 1.807) is 18.2 Å². The molecule has 28 heavy (non-hydrogen) atoms. The van der Waals surface area contributed by atoms with E-state index in [1.165, 1.54) is 0 Å². The largest absolute Gasteiger partial charge is 0.377 e. The van der Waals surface area contributed by atoms with Crippen molar-refractivity contribution in [3.63, 3.8) is 0 Å². The van der Waals surface area contributed by atoms with Gasteiger partial charge in [0.1, 0.15) is 0 Å². The smallest absolute Gasteiger partial charge is 0.256 e. The molecule has 0 saturated carbocycles. The van der Waals surface area contributed by atoms with Crippen LogP contribution in [0.4, 0.5) is 11.4 Å². The fourth-order valence-electron chi connectivity index (χ4n) is 3.36. The fraction of sp³-hybridized carbons (Fsp3) is 0.364. The first-order chi connectivity index (χ1) is 13.3. The number of piperidine rings is 1. The van der Waals surface area contributed by atoms with Gasteiger partial charge in [0, 0.05) is 48.6 Å². The van der Waals surface area contributed by atoms with Crippen LogP contribution >= 0.6 is 15.9 Å². The molecule has 148 valence electrons. The molecule has 0 atom stereocenters. The van der Waals surface area contributed by atoms with Gasteiger partial charge in [0.2, 0.25) is 0 Å². The van der Waals surface area contributed by atoms with Crippen LogP contribution in [-0.2, 0) is 0 Å². The van der Waals surface area contributed by atoms with E-state index in [2.05, 4.69) is 28.2 Å². The molecule has 5 nitrogen and oxygen atoms in total. The molecule has 1 aliphatic rings. The lowest BCUT2D eigenvalue weighted by Crippen LogP contribution is -2.38. The summed E-state index contributed by atoms with van der Waals surface area (Å²) in [7, 11) is 3.84. The number of benzene rings is 2. The predicted molar refractivity (Wildman–Crippen MR) is 117 cm³/mol. The summed E-state index contributed by atoms with van der Waals surface area (Å²) in [4.78, 5) is 29.5. The average Bonchev–Trinajstić information content (AvgIpc) is 2.68. The molecule has 1 heterocycles. The van der Waals surface area contributed by atoms with Crippen molar-refractivity contribution >= 4 is 39.1 Å². The van der Waals surface area contributed by atoms with E-state index >= 15 is 0 Å². The first-order valence-electron chi connectivity index (χ1n) is 9.52. The number of hydrogen-bond donors (Lipinski definition) is 1. The monoisotopic (exact) mass is 443 g/mol. The summed E-state index contributed by atoms with van der Waals surface area (Å²) in [5.74, 6) is 0.486. The second kappa shape index (κ2) is 8.78. The van der Waals surface area contributed by atoms with E-state index in [-0.39, 0.29) is 11.8 Å². The first kappa shape index (κ1) is 20.4. The Morgan fingerprint density at radius 2 is 1.71 bits per heavy atom. The van der Waals surface area contributed by atoms with Crippen LogP contribution in [0.3, 0.4) is 0 Å². The number of halogens is 1. The number of nitrogens with zero attached hydrogens (tertiary/aromatic N) is 2. The van der Waals surface area contributed by atoms with Gasteiger partial charge in [-0.15, -0.1) is 0 Å². The van der Waals surface area contributed by atoms with Gasteiger partial charge in [0.15, 0.2) is 0 Å². The highest BCUT2D eigenvalue weighted by molar-refractivity contribution is 9.10. The Balaban J connectivity index is 1.83. The minimum Gasteiger partial charge on any atom is -0.377 e. The van der Waals surface area contributed by atoms with E-state index < -0.39 is 0 Å². The van der Waals surface area contributed by atoms with Crippen molar-refractivity contribution in [2.24, 2.45) is 5.92 Å². The zero-order chi connectivity index (χ0) is 20.3. The van der Waals surface area contributed by atoms with Crippen molar-refractivity contribution in [1.82, 2.24) is 4.90 Å². The number of likely N-dealkylation sites (tertiary alicyclic amines) is 1. The highest BCUT2D eigenvalue weighted by atomic mass is 79.9. The zero-order valence-corrected chi connectivity index (χ0v) is 18.1. The molecular weight excluding hydrogens is 418 g/mol. The van der Waals surface area contributed by atoms with Crippen LogP contribution in [-0.4, -0.2) is 43.9 Å². The normalized spacial score (nSPS) is 14.6. The van der Waals surface area contributed by atoms with Crippen LogP contribution in [0.2, 0.25) is 0 Å². The number of rotatable bonds is 4. The Bertz CT molecular complexity index is 857. The Labute approximate surface area is 174 Å². The second-order valence-electron chi connectivity index (χ2n) is 7.56. The maximum Gasteiger partial charge on any atom is 0.256 e. The molecule has 1 aliphatic heterocycles. The van der Waals surface area contributed by atoms with Crippen LogP contribution < -0.4 is 10.2 Å². The van der Waals surface area contributed by atoms with Crippen molar-refractivity contribution in [3.8, 4) is 0 Å². The van der Waals surface area contributed by atoms with E-state index in [9.17, 15) is 9.59 Å². The molecule has 2 aromatic carbocycles. The Morgan fingerprint density at radius 3 is 2.32 bits per heavy atom. The van der Waals surface area contributed by atoms with Crippen molar-refractivity contribution < 1.29 is 9.59 Å². The minimum atomic E-state index is -0.199. The number of amides is 2. The number of carbonyl (C=O) groups is 2. The standard InChI is InChI=1S/C22H26BrN3O2/c1-15-10-12-26(13-11-15)22(28)19-14-18(8-9-20(19)25(2)3)24-21(27)16-4-6-17(23)7-5-16/h4-9,14-15H,10-13H2,1-3H3,(H,24,27). The van der Waals surface area contributed by atoms with Gasteiger partial charge in [-0.05, 0) is 61.2 Å². The van der Waals surface area contributed by atoms with Crippen LogP contribution in [0, 0.1) is 5.92 Å². The van der Waals surface area contributed by atoms with Crippen LogP contribution in [0.25, 0.3) is 0 Å². The zero-order valence-electron chi connectivity index (χ0n) is 16.5. The summed E-state index contributed by atoms with van der Waals surface area (Å²) >= 11 is 3.37. The molecule has 2 amide bonds. The van der Waals surface area contributed by atoms with Gasteiger partial charge in [-0.25, -0.2) is 0 Å². The molecule has 0 aromatic heterocycles. The van der Waals surface area contributed by atoms with Crippen LogP contribution in [0.1, 0.15) is 40.5 Å². The maximum atomic E-state index is 13.2. The predicted octanol–water partition coefficient (Wildman–Crippen LogP) is 4.64. The topological polar surface area (TPSA) is 52.7 Å². The van der Waals surface area contributed by atoms with E-state index in [4.69, 9.17) is 0 Å². The van der Waals surface area contributed by atoms with Crippen molar-refractivity contribution in [2.75, 3.05) is 37.4 Å². The van der Waals surface area contributed by atoms with E-state index in [1.807, 2.05) is 48.2 Å². The third kappa shape index (κ3) is 4.73. The number of hydrogen-bond acceptors (Lipinski definition) is 3. The summed E-state index contributed by atoms with van der Waals surface area (Å²) in [6.07, 6.45) is 2.06. The second-order valence-corrected chi connectivity index (χ2v) is 8.48. The molecule has 0 unspecified atom stereocenters. The van der Waals surface area contributed by atoms with Crippen LogP contribution in [0.15, 0.2) is 46.9 Å². The van der Waals surface area contributed by atoms with E-state index in [0.717, 1.165) is 36.1 Å². The Kier molecular flexibility index (Phi) is 6.39. The molecule has 1 fully saturated rings. The summed E-state index contributed by atoms with van der Waals surface area (Å²) in [5, 5.41) is 2.91. The lowest BCUT2D eigenvalue weighted by molar-refractivity contribution is 0.0697. The lowest BCUT2D eigenvalue weighted by Gasteiger charge is -2.31. The van der Waals surface area contributed by atoms with Crippen molar-refractivity contribution in [3.05, 3.63) is 58.1 Å². The summed E-state index contributed by atoms with van der Waals surface area (Å²) < 4.78 is 0.920. The molecule has 0 bridgehead atoms. The number of anilines is 2. The summed E-state index contributed by atoms with van der Waals surface area (Å²) in [6.45, 7) is 3.79. The third-order valence-corrected chi connectivity index (χ3v) is 5.67. The first-order valence-corrected chi connectivity index (χ1v) is 10.3. The lowest BCUT2D eigenvalue weighted by atomic mass is 9.98. The van der Waals surface area contributed by atoms with Gasteiger partial charge >= 0.3 is 0 Å². The highest BCUT2D eigenvalue weighted by Crippen LogP contribution is 2.27. The maximum absolute atomic E-state index is 13.2. The van der Waals surface area contributed by atoms with Gasteiger partial charge in [0.05, 0.1) is 5.56 Å². The van der Waals surface area contributed by atoms with Gasteiger partial charge in [0.25, 0.3) is 11.8 Å². The molecule has 1 N–H and O–H groups in total. The van der Waals surface area contributed by atoms with Gasteiger partial charge in [-0.3, -0.25) is 9.59 Å². The minimum absolute atomic E-state index is 0.0235. The average molecular weight is 444 g/mol. The van der Waals surface area contributed by atoms with Gasteiger partial charge in [-0.1, -0.05) is 22.9 Å². The fourth-order valence-corrected chi connectivity index (χ4v) is 3.63. The Morgan fingerprint density at radius 1 is 1.07 bits per heavy atom. The Hall–Kier alpha value is -2.34. The number of nitrogens with one attached hydrogen (secondary N) is 1. The van der Waals surface area contributed by atoms with Gasteiger partial charge in [-0.2, -0.15) is 0 Å². The molecule has 0 spiro atoms. The molecule has 3 rings (SSSR count). The molecule has 0 radical (unpaired) electrons. The molecule has 1 saturated heterocycles. The molecule has 0 aliphatic carbocycles. The molecule has 2 aromatic rings. The van der Waals surface area contributed by atoms with E-state index in [0.29, 0.717) is 22.7 Å². The summed E-state index contributed by atoms with van der Waals surface area (Å²) in [5.41, 5.74) is 2.66. The molecule has 6 heteroatoms. The highest BCUT2D eigenvalue weighted by Gasteiger charge is 2.24. The van der Waals surface area contributed by atoms with Crippen molar-refractivity contribution in [2.45, 2.75) is 19.8 Å². The quantitative estimate of drug-likeness (QED) is 0.748. The SMILES string of the molecule is CC1CCN(C(=O)c2cc(NC(=O)c3ccc(Br)cc3)ccc2N(C)C)CC1. The van der Waals surface area contributed by atoms with Crippen molar-refractivity contribution in [1.29, 1.82) is 0 Å². The molecular formula is C22H26BrN3O2. The third-order valence-electron chi connectivity index (χ3n) is 5.14. The van der Waals surface area contributed by atoms with Crippen LogP contribution in [0.5, 0.6) is 0 Å². The number of carbonyl (C=O) groups excluding carboxylic acids is 2. The summed E-state index contributed by atoms with van der Waals surface area (Å²) in [6, 6.07) is 12.7.